The van der Waals surface area contributed by atoms with Crippen LogP contribution in [-0.4, -0.2) is 19.8 Å². The minimum absolute atomic E-state index is 0.249. The molecule has 0 aliphatic heterocycles. The van der Waals surface area contributed by atoms with Crippen molar-refractivity contribution in [2.75, 3.05) is 0 Å². The number of benzene rings is 1. The van der Waals surface area contributed by atoms with E-state index in [-0.39, 0.29) is 5.69 Å². The SMILES string of the molecule is C/C=C/c1cccc(-n2nnn(C)c2=O)c1SCc1cc(C)cs1. The quantitative estimate of drug-likeness (QED) is 0.653. The summed E-state index contributed by atoms with van der Waals surface area (Å²) in [5.74, 6) is 0.856. The normalized spacial score (nSPS) is 11.5. The topological polar surface area (TPSA) is 52.7 Å². The molecule has 7 heteroatoms. The van der Waals surface area contributed by atoms with Crippen molar-refractivity contribution in [2.45, 2.75) is 24.5 Å². The maximum absolute atomic E-state index is 12.2. The maximum atomic E-state index is 12.2. The van der Waals surface area contributed by atoms with Gasteiger partial charge in [-0.25, -0.2) is 4.79 Å². The van der Waals surface area contributed by atoms with E-state index in [0.29, 0.717) is 0 Å². The minimum atomic E-state index is -0.249. The standard InChI is InChI=1S/C17H18N4OS2/c1-4-6-13-7-5-8-15(21-17(22)20(3)18-19-21)16(13)24-11-14-9-12(2)10-23-14/h4-10H,11H2,1-3H3/b6-4+. The van der Waals surface area contributed by atoms with Crippen molar-refractivity contribution in [3.63, 3.8) is 0 Å². The molecule has 3 rings (SSSR count). The van der Waals surface area contributed by atoms with Crippen molar-refractivity contribution >= 4 is 29.2 Å². The summed E-state index contributed by atoms with van der Waals surface area (Å²) in [6.45, 7) is 4.08. The molecule has 0 saturated carbocycles. The van der Waals surface area contributed by atoms with Crippen LogP contribution in [0.25, 0.3) is 11.8 Å². The van der Waals surface area contributed by atoms with E-state index in [4.69, 9.17) is 0 Å². The highest BCUT2D eigenvalue weighted by atomic mass is 32.2. The predicted octanol–water partition coefficient (Wildman–Crippen LogP) is 3.66. The summed E-state index contributed by atoms with van der Waals surface area (Å²) < 4.78 is 2.59. The first-order valence-corrected chi connectivity index (χ1v) is 9.38. The highest BCUT2D eigenvalue weighted by Crippen LogP contribution is 2.33. The molecule has 0 N–H and O–H groups in total. The zero-order valence-corrected chi connectivity index (χ0v) is 15.4. The summed E-state index contributed by atoms with van der Waals surface area (Å²) >= 11 is 3.47. The molecule has 2 aromatic heterocycles. The smallest absolute Gasteiger partial charge is 0.244 e. The molecule has 0 aliphatic rings. The molecule has 0 saturated heterocycles. The fourth-order valence-electron chi connectivity index (χ4n) is 2.35. The van der Waals surface area contributed by atoms with E-state index in [0.717, 1.165) is 21.9 Å². The Morgan fingerprint density at radius 2 is 2.17 bits per heavy atom. The van der Waals surface area contributed by atoms with Gasteiger partial charge in [0.2, 0.25) is 0 Å². The number of aryl methyl sites for hydroxylation is 2. The second-order valence-corrected chi connectivity index (χ2v) is 7.35. The minimum Gasteiger partial charge on any atom is -0.244 e. The van der Waals surface area contributed by atoms with Crippen molar-refractivity contribution in [3.8, 4) is 5.69 Å². The molecule has 124 valence electrons. The van der Waals surface area contributed by atoms with Crippen molar-refractivity contribution in [1.82, 2.24) is 19.8 Å². The Hall–Kier alpha value is -2.12. The first kappa shape index (κ1) is 16.7. The van der Waals surface area contributed by atoms with Gasteiger partial charge in [0.15, 0.2) is 0 Å². The van der Waals surface area contributed by atoms with Crippen molar-refractivity contribution in [3.05, 3.63) is 62.2 Å². The summed E-state index contributed by atoms with van der Waals surface area (Å²) in [6.07, 6.45) is 4.05. The number of thioether (sulfide) groups is 1. The van der Waals surface area contributed by atoms with Crippen LogP contribution in [0, 0.1) is 6.92 Å². The van der Waals surface area contributed by atoms with E-state index < -0.39 is 0 Å². The lowest BCUT2D eigenvalue weighted by atomic mass is 10.2. The lowest BCUT2D eigenvalue weighted by Crippen LogP contribution is -2.22. The summed E-state index contributed by atoms with van der Waals surface area (Å²) in [4.78, 5) is 14.6. The first-order chi connectivity index (χ1) is 11.6. The molecule has 5 nitrogen and oxygen atoms in total. The molecule has 0 atom stereocenters. The predicted molar refractivity (Wildman–Crippen MR) is 99.9 cm³/mol. The fraction of sp³-hybridized carbons (Fsp3) is 0.235. The fourth-order valence-corrected chi connectivity index (χ4v) is 4.43. The Labute approximate surface area is 148 Å². The summed E-state index contributed by atoms with van der Waals surface area (Å²) in [5.41, 5.74) is 2.87. The van der Waals surface area contributed by atoms with Crippen LogP contribution in [0.4, 0.5) is 0 Å². The number of thiophene rings is 1. The molecule has 0 bridgehead atoms. The van der Waals surface area contributed by atoms with Crippen LogP contribution in [0.2, 0.25) is 0 Å². The number of aromatic nitrogens is 4. The Morgan fingerprint density at radius 1 is 1.33 bits per heavy atom. The average Bonchev–Trinajstić information content (AvgIpc) is 3.13. The van der Waals surface area contributed by atoms with E-state index >= 15 is 0 Å². The molecule has 2 heterocycles. The van der Waals surface area contributed by atoms with Crippen molar-refractivity contribution in [1.29, 1.82) is 0 Å². The van der Waals surface area contributed by atoms with Crippen LogP contribution < -0.4 is 5.69 Å². The van der Waals surface area contributed by atoms with E-state index in [9.17, 15) is 4.79 Å². The Morgan fingerprint density at radius 3 is 2.79 bits per heavy atom. The van der Waals surface area contributed by atoms with E-state index in [2.05, 4.69) is 28.8 Å². The Balaban J connectivity index is 2.03. The summed E-state index contributed by atoms with van der Waals surface area (Å²) in [6, 6.07) is 8.09. The van der Waals surface area contributed by atoms with Crippen molar-refractivity contribution < 1.29 is 0 Å². The zero-order chi connectivity index (χ0) is 17.1. The van der Waals surface area contributed by atoms with Crippen molar-refractivity contribution in [2.24, 2.45) is 7.05 Å². The molecule has 24 heavy (non-hydrogen) atoms. The molecule has 0 radical (unpaired) electrons. The van der Waals surface area contributed by atoms with Gasteiger partial charge >= 0.3 is 5.69 Å². The van der Waals surface area contributed by atoms with Gasteiger partial charge in [-0.05, 0) is 52.9 Å². The number of allylic oxidation sites excluding steroid dienone is 1. The van der Waals surface area contributed by atoms with Crippen LogP contribution in [-0.2, 0) is 12.8 Å². The Bertz CT molecular complexity index is 936. The van der Waals surface area contributed by atoms with Gasteiger partial charge < -0.3 is 0 Å². The van der Waals surface area contributed by atoms with Gasteiger partial charge in [-0.3, -0.25) is 0 Å². The molecular formula is C17H18N4OS2. The molecule has 0 spiro atoms. The molecule has 3 aromatic rings. The molecule has 0 amide bonds. The van der Waals surface area contributed by atoms with Crippen LogP contribution in [0.1, 0.15) is 22.9 Å². The van der Waals surface area contributed by atoms with Gasteiger partial charge in [-0.2, -0.15) is 9.36 Å². The third-order valence-corrected chi connectivity index (χ3v) is 5.89. The second-order valence-electron chi connectivity index (χ2n) is 5.37. The van der Waals surface area contributed by atoms with E-state index in [1.807, 2.05) is 37.3 Å². The number of tetrazole rings is 1. The average molecular weight is 358 g/mol. The molecule has 0 unspecified atom stereocenters. The van der Waals surface area contributed by atoms with Crippen LogP contribution in [0.15, 0.2) is 45.4 Å². The zero-order valence-electron chi connectivity index (χ0n) is 13.8. The van der Waals surface area contributed by atoms with Gasteiger partial charge in [-0.1, -0.05) is 24.3 Å². The first-order valence-electron chi connectivity index (χ1n) is 7.52. The lowest BCUT2D eigenvalue weighted by molar-refractivity contribution is 0.692. The summed E-state index contributed by atoms with van der Waals surface area (Å²) in [7, 11) is 1.60. The highest BCUT2D eigenvalue weighted by molar-refractivity contribution is 7.98. The Kier molecular flexibility index (Phi) is 5.01. The summed E-state index contributed by atoms with van der Waals surface area (Å²) in [5, 5.41) is 9.97. The third kappa shape index (κ3) is 3.37. The monoisotopic (exact) mass is 358 g/mol. The molecule has 0 fully saturated rings. The van der Waals surface area contributed by atoms with Gasteiger partial charge in [-0.15, -0.1) is 23.1 Å². The number of hydrogen-bond donors (Lipinski definition) is 0. The maximum Gasteiger partial charge on any atom is 0.368 e. The molecule has 0 aliphatic carbocycles. The van der Waals surface area contributed by atoms with Gasteiger partial charge in [0, 0.05) is 22.6 Å². The number of rotatable bonds is 5. The van der Waals surface area contributed by atoms with Crippen LogP contribution >= 0.6 is 23.1 Å². The number of hydrogen-bond acceptors (Lipinski definition) is 5. The molecular weight excluding hydrogens is 340 g/mol. The largest absolute Gasteiger partial charge is 0.368 e. The van der Waals surface area contributed by atoms with Crippen LogP contribution in [0.3, 0.4) is 0 Å². The van der Waals surface area contributed by atoms with Gasteiger partial charge in [0.25, 0.3) is 0 Å². The number of nitrogens with zero attached hydrogens (tertiary/aromatic N) is 4. The lowest BCUT2D eigenvalue weighted by Gasteiger charge is -2.11. The second kappa shape index (κ2) is 7.19. The van der Waals surface area contributed by atoms with E-state index in [1.165, 1.54) is 19.8 Å². The highest BCUT2D eigenvalue weighted by Gasteiger charge is 2.14. The third-order valence-electron chi connectivity index (χ3n) is 3.46. The molecule has 1 aromatic carbocycles. The van der Waals surface area contributed by atoms with E-state index in [1.54, 1.807) is 30.1 Å². The van der Waals surface area contributed by atoms with Gasteiger partial charge in [0.05, 0.1) is 5.69 Å². The van der Waals surface area contributed by atoms with Gasteiger partial charge in [0.1, 0.15) is 0 Å². The van der Waals surface area contributed by atoms with Crippen LogP contribution in [0.5, 0.6) is 0 Å².